The summed E-state index contributed by atoms with van der Waals surface area (Å²) in [6, 6.07) is -0.182. The molecule has 9 nitrogen and oxygen atoms in total. The second-order valence-electron chi connectivity index (χ2n) is 6.00. The van der Waals surface area contributed by atoms with Gasteiger partial charge in [-0.1, -0.05) is 18.3 Å². The number of hydrogen-bond acceptors (Lipinski definition) is 8. The summed E-state index contributed by atoms with van der Waals surface area (Å²) < 4.78 is 5.82. The summed E-state index contributed by atoms with van der Waals surface area (Å²) >= 11 is 1.24. The van der Waals surface area contributed by atoms with E-state index in [-0.39, 0.29) is 24.0 Å². The van der Waals surface area contributed by atoms with E-state index in [1.807, 2.05) is 6.92 Å². The van der Waals surface area contributed by atoms with Gasteiger partial charge in [-0.25, -0.2) is 0 Å². The van der Waals surface area contributed by atoms with E-state index in [1.54, 1.807) is 0 Å². The van der Waals surface area contributed by atoms with Crippen molar-refractivity contribution in [2.45, 2.75) is 51.3 Å². The van der Waals surface area contributed by atoms with Crippen LogP contribution in [0.4, 0.5) is 5.13 Å². The lowest BCUT2D eigenvalue weighted by Crippen LogP contribution is -2.50. The molecule has 5 N–H and O–H groups in total. The third-order valence-corrected chi connectivity index (χ3v) is 4.84. The third-order valence-electron chi connectivity index (χ3n) is 4.08. The Kier molecular flexibility index (Phi) is 7.53. The summed E-state index contributed by atoms with van der Waals surface area (Å²) in [6.07, 6.45) is 2.42. The molecule has 0 aromatic carbocycles. The minimum absolute atomic E-state index is 0.0641. The number of nitrogens with zero attached hydrogens (tertiary/aromatic N) is 2. The van der Waals surface area contributed by atoms with Crippen molar-refractivity contribution in [2.75, 3.05) is 18.9 Å². The smallest absolute Gasteiger partial charge is 0.246 e. The second kappa shape index (κ2) is 9.64. The molecule has 10 heteroatoms. The van der Waals surface area contributed by atoms with Crippen LogP contribution in [0.25, 0.3) is 0 Å². The van der Waals surface area contributed by atoms with Gasteiger partial charge < -0.3 is 26.2 Å². The average molecular weight is 371 g/mol. The number of amides is 2. The molecule has 0 unspecified atom stereocenters. The monoisotopic (exact) mass is 371 g/mol. The highest BCUT2D eigenvalue weighted by Crippen LogP contribution is 2.27. The first-order valence-electron chi connectivity index (χ1n) is 8.40. The molecule has 1 fully saturated rings. The van der Waals surface area contributed by atoms with Gasteiger partial charge in [0.05, 0.1) is 18.7 Å². The molecule has 0 radical (unpaired) electrons. The number of aliphatic hydroxyl groups excluding tert-OH is 1. The van der Waals surface area contributed by atoms with E-state index in [0.717, 1.165) is 6.42 Å². The van der Waals surface area contributed by atoms with Crippen LogP contribution in [0.15, 0.2) is 0 Å². The normalized spacial score (nSPS) is 23.2. The van der Waals surface area contributed by atoms with E-state index in [2.05, 4.69) is 20.8 Å². The van der Waals surface area contributed by atoms with E-state index < -0.39 is 12.5 Å². The zero-order valence-electron chi connectivity index (χ0n) is 14.2. The van der Waals surface area contributed by atoms with Gasteiger partial charge in [0.1, 0.15) is 11.6 Å². The van der Waals surface area contributed by atoms with E-state index in [1.165, 1.54) is 11.3 Å². The Morgan fingerprint density at radius 2 is 2.20 bits per heavy atom. The number of aliphatic hydroxyl groups is 1. The molecule has 140 valence electrons. The van der Waals surface area contributed by atoms with Crippen molar-refractivity contribution < 1.29 is 19.4 Å². The minimum Gasteiger partial charge on any atom is -0.387 e. The van der Waals surface area contributed by atoms with Crippen molar-refractivity contribution in [3.63, 3.8) is 0 Å². The topological polar surface area (TPSA) is 139 Å². The largest absolute Gasteiger partial charge is 0.387 e. The Morgan fingerprint density at radius 1 is 1.40 bits per heavy atom. The molecule has 1 aromatic heterocycles. The summed E-state index contributed by atoms with van der Waals surface area (Å²) in [4.78, 5) is 23.9. The van der Waals surface area contributed by atoms with Gasteiger partial charge in [-0.3, -0.25) is 9.59 Å². The van der Waals surface area contributed by atoms with Crippen molar-refractivity contribution in [1.29, 1.82) is 0 Å². The molecule has 25 heavy (non-hydrogen) atoms. The Bertz CT molecular complexity index is 582. The van der Waals surface area contributed by atoms with Crippen molar-refractivity contribution >= 4 is 28.3 Å². The molecule has 1 aliphatic rings. The van der Waals surface area contributed by atoms with Crippen LogP contribution >= 0.6 is 11.3 Å². The van der Waals surface area contributed by atoms with Crippen LogP contribution in [0.2, 0.25) is 0 Å². The first-order chi connectivity index (χ1) is 12.0. The number of nitrogen functional groups attached to an aromatic ring is 1. The van der Waals surface area contributed by atoms with Crippen LogP contribution in [-0.2, 0) is 20.9 Å². The fraction of sp³-hybridized carbons (Fsp3) is 0.733. The van der Waals surface area contributed by atoms with Gasteiger partial charge in [0.25, 0.3) is 0 Å². The predicted octanol–water partition coefficient (Wildman–Crippen LogP) is -0.191. The van der Waals surface area contributed by atoms with Gasteiger partial charge in [0, 0.05) is 12.5 Å². The van der Waals surface area contributed by atoms with E-state index in [9.17, 15) is 9.59 Å². The molecule has 0 bridgehead atoms. The van der Waals surface area contributed by atoms with Crippen molar-refractivity contribution in [3.05, 3.63) is 5.01 Å². The molecule has 1 saturated carbocycles. The average Bonchev–Trinajstić information content (AvgIpc) is 3.03. The number of ether oxygens (including phenoxy) is 1. The minimum atomic E-state index is -0.550. The Morgan fingerprint density at radius 3 is 2.84 bits per heavy atom. The number of nitrogens with two attached hydrogens (primary N) is 1. The number of rotatable bonds is 8. The molecule has 3 atom stereocenters. The number of carbonyl (C=O) groups excluding carboxylic acids is 2. The number of aromatic nitrogens is 2. The molecule has 1 aliphatic carbocycles. The van der Waals surface area contributed by atoms with Crippen molar-refractivity contribution in [2.24, 2.45) is 5.92 Å². The van der Waals surface area contributed by atoms with Crippen LogP contribution in [0, 0.1) is 5.92 Å². The van der Waals surface area contributed by atoms with E-state index >= 15 is 0 Å². The molecule has 1 aromatic rings. The van der Waals surface area contributed by atoms with Crippen LogP contribution in [-0.4, -0.2) is 52.5 Å². The van der Waals surface area contributed by atoms with Gasteiger partial charge >= 0.3 is 0 Å². The lowest BCUT2D eigenvalue weighted by Gasteiger charge is -2.35. The predicted molar refractivity (Wildman–Crippen MR) is 92.6 cm³/mol. The maximum atomic E-state index is 12.4. The first kappa shape index (κ1) is 19.5. The quantitative estimate of drug-likeness (QED) is 0.496. The number of nitrogens with one attached hydrogen (secondary N) is 2. The fourth-order valence-corrected chi connectivity index (χ4v) is 3.43. The van der Waals surface area contributed by atoms with Gasteiger partial charge in [-0.05, 0) is 25.7 Å². The van der Waals surface area contributed by atoms with Crippen LogP contribution in [0.5, 0.6) is 0 Å². The number of anilines is 1. The molecule has 0 aliphatic heterocycles. The third kappa shape index (κ3) is 5.91. The van der Waals surface area contributed by atoms with Gasteiger partial charge in [-0.15, -0.1) is 10.2 Å². The number of hydrogen-bond donors (Lipinski definition) is 4. The molecular formula is C15H25N5O4S. The molecule has 1 heterocycles. The molecule has 2 amide bonds. The summed E-state index contributed by atoms with van der Waals surface area (Å²) in [5.41, 5.74) is 5.52. The molecule has 0 spiro atoms. The fourth-order valence-electron chi connectivity index (χ4n) is 2.88. The lowest BCUT2D eigenvalue weighted by atomic mass is 9.83. The highest BCUT2D eigenvalue weighted by atomic mass is 32.1. The molecule has 2 rings (SSSR count). The van der Waals surface area contributed by atoms with Crippen molar-refractivity contribution in [3.8, 4) is 0 Å². The summed E-state index contributed by atoms with van der Waals surface area (Å²) in [6.45, 7) is 2.32. The lowest BCUT2D eigenvalue weighted by molar-refractivity contribution is -0.130. The Labute approximate surface area is 150 Å². The van der Waals surface area contributed by atoms with Gasteiger partial charge in [0.15, 0.2) is 0 Å². The van der Waals surface area contributed by atoms with Crippen LogP contribution < -0.4 is 16.4 Å². The summed E-state index contributed by atoms with van der Waals surface area (Å²) in [5, 5.41) is 23.2. The SMILES string of the molecule is CCCO[C@@H]1C[C@@H](C(=O)NCc2nnc(N)s2)CC[C@H]1NC(=O)CO. The van der Waals surface area contributed by atoms with Crippen LogP contribution in [0.1, 0.15) is 37.6 Å². The van der Waals surface area contributed by atoms with Gasteiger partial charge in [-0.2, -0.15) is 0 Å². The Hall–Kier alpha value is -1.78. The summed E-state index contributed by atoms with van der Waals surface area (Å²) in [5.74, 6) is -0.674. The second-order valence-corrected chi connectivity index (χ2v) is 7.10. The molecule has 0 saturated heterocycles. The van der Waals surface area contributed by atoms with Gasteiger partial charge in [0.2, 0.25) is 16.9 Å². The number of carbonyl (C=O) groups is 2. The highest BCUT2D eigenvalue weighted by molar-refractivity contribution is 7.15. The summed E-state index contributed by atoms with van der Waals surface area (Å²) in [7, 11) is 0. The zero-order chi connectivity index (χ0) is 18.2. The maximum Gasteiger partial charge on any atom is 0.246 e. The Balaban J connectivity index is 1.88. The van der Waals surface area contributed by atoms with E-state index in [4.69, 9.17) is 15.6 Å². The maximum absolute atomic E-state index is 12.4. The van der Waals surface area contributed by atoms with Crippen molar-refractivity contribution in [1.82, 2.24) is 20.8 Å². The standard InChI is InChI=1S/C15H25N5O4S/c1-2-5-24-11-6-9(3-4-10(11)18-12(22)8-21)14(23)17-7-13-19-20-15(16)25-13/h9-11,21H,2-8H2,1H3,(H2,16,20)(H,17,23)(H,18,22)/t9-,10+,11+/m0/s1. The highest BCUT2D eigenvalue weighted by Gasteiger charge is 2.35. The van der Waals surface area contributed by atoms with Crippen LogP contribution in [0.3, 0.4) is 0 Å². The molecular weight excluding hydrogens is 346 g/mol. The zero-order valence-corrected chi connectivity index (χ0v) is 15.1. The van der Waals surface area contributed by atoms with E-state index in [0.29, 0.717) is 42.6 Å². The first-order valence-corrected chi connectivity index (χ1v) is 9.22.